The molecule has 0 heterocycles. The van der Waals surface area contributed by atoms with Crippen molar-refractivity contribution in [2.75, 3.05) is 24.3 Å². The standard InChI is InChI=1S/C23H23N3O6S/c1-15-6-4-5-7-19(15)25-23(27)14-24-20-11-9-17(32-3)12-22(20)33(30,31)18-10-8-16(2)21(13-18)26(28)29/h4-13,24H,14H2,1-3H3,(H,25,27). The first kappa shape index (κ1) is 23.7. The minimum atomic E-state index is -4.17. The monoisotopic (exact) mass is 469 g/mol. The van der Waals surface area contributed by atoms with E-state index in [4.69, 9.17) is 4.74 Å². The lowest BCUT2D eigenvalue weighted by molar-refractivity contribution is -0.385. The second kappa shape index (κ2) is 9.70. The Kier molecular flexibility index (Phi) is 6.98. The normalized spacial score (nSPS) is 11.0. The number of nitro benzene ring substituents is 1. The molecule has 33 heavy (non-hydrogen) atoms. The number of carbonyl (C=O) groups is 1. The molecule has 0 aliphatic carbocycles. The number of nitrogens with zero attached hydrogens (tertiary/aromatic N) is 1. The maximum absolute atomic E-state index is 13.4. The molecule has 1 amide bonds. The zero-order valence-corrected chi connectivity index (χ0v) is 19.1. The molecule has 0 saturated heterocycles. The van der Waals surface area contributed by atoms with Crippen LogP contribution < -0.4 is 15.4 Å². The first-order chi connectivity index (χ1) is 15.6. The third kappa shape index (κ3) is 5.29. The van der Waals surface area contributed by atoms with E-state index < -0.39 is 14.8 Å². The summed E-state index contributed by atoms with van der Waals surface area (Å²) in [6.07, 6.45) is 0. The predicted octanol–water partition coefficient (Wildman–Crippen LogP) is 4.10. The number of carbonyl (C=O) groups excluding carboxylic acids is 1. The Morgan fingerprint density at radius 2 is 1.73 bits per heavy atom. The fraction of sp³-hybridized carbons (Fsp3) is 0.174. The Labute approximate surface area is 191 Å². The van der Waals surface area contributed by atoms with E-state index in [1.165, 1.54) is 38.3 Å². The van der Waals surface area contributed by atoms with E-state index in [0.29, 0.717) is 11.3 Å². The molecule has 0 aliphatic rings. The van der Waals surface area contributed by atoms with E-state index in [2.05, 4.69) is 10.6 Å². The minimum absolute atomic E-state index is 0.163. The molecule has 3 aromatic rings. The van der Waals surface area contributed by atoms with Crippen molar-refractivity contribution < 1.29 is 22.9 Å². The highest BCUT2D eigenvalue weighted by Crippen LogP contribution is 2.33. The van der Waals surface area contributed by atoms with E-state index in [0.717, 1.165) is 11.6 Å². The fourth-order valence-electron chi connectivity index (χ4n) is 3.16. The minimum Gasteiger partial charge on any atom is -0.497 e. The number of nitro groups is 1. The summed E-state index contributed by atoms with van der Waals surface area (Å²) in [5.74, 6) is -0.0838. The Morgan fingerprint density at radius 3 is 2.39 bits per heavy atom. The maximum Gasteiger partial charge on any atom is 0.273 e. The number of rotatable bonds is 8. The zero-order chi connectivity index (χ0) is 24.2. The Morgan fingerprint density at radius 1 is 1.00 bits per heavy atom. The SMILES string of the molecule is COc1ccc(NCC(=O)Nc2ccccc2C)c(S(=O)(=O)c2ccc(C)c([N+](=O)[O-])c2)c1. The zero-order valence-electron chi connectivity index (χ0n) is 18.3. The first-order valence-electron chi connectivity index (χ1n) is 9.91. The van der Waals surface area contributed by atoms with Gasteiger partial charge in [-0.25, -0.2) is 8.42 Å². The molecule has 2 N–H and O–H groups in total. The van der Waals surface area contributed by atoms with Gasteiger partial charge in [0.05, 0.1) is 34.1 Å². The summed E-state index contributed by atoms with van der Waals surface area (Å²) in [7, 11) is -2.77. The van der Waals surface area contributed by atoms with Crippen molar-refractivity contribution in [2.24, 2.45) is 0 Å². The van der Waals surface area contributed by atoms with E-state index in [-0.39, 0.29) is 39.4 Å². The Bertz CT molecular complexity index is 1320. The summed E-state index contributed by atoms with van der Waals surface area (Å²) in [6.45, 7) is 3.19. The van der Waals surface area contributed by atoms with Crippen LogP contribution in [0.1, 0.15) is 11.1 Å². The van der Waals surface area contributed by atoms with Gasteiger partial charge in [0, 0.05) is 23.4 Å². The summed E-state index contributed by atoms with van der Waals surface area (Å²) in [5, 5.41) is 16.9. The summed E-state index contributed by atoms with van der Waals surface area (Å²) in [5.41, 5.74) is 1.75. The molecule has 0 atom stereocenters. The molecule has 0 fully saturated rings. The molecule has 0 unspecified atom stereocenters. The summed E-state index contributed by atoms with van der Waals surface area (Å²) in [6, 6.07) is 15.3. The number of sulfone groups is 1. The predicted molar refractivity (Wildman–Crippen MR) is 125 cm³/mol. The molecular weight excluding hydrogens is 446 g/mol. The van der Waals surface area contributed by atoms with Crippen LogP contribution in [0.25, 0.3) is 0 Å². The van der Waals surface area contributed by atoms with E-state index in [1.54, 1.807) is 18.2 Å². The van der Waals surface area contributed by atoms with Gasteiger partial charge in [0.1, 0.15) is 5.75 Å². The Hall–Kier alpha value is -3.92. The van der Waals surface area contributed by atoms with Crippen LogP contribution >= 0.6 is 0 Å². The first-order valence-corrected chi connectivity index (χ1v) is 11.4. The second-order valence-corrected chi connectivity index (χ2v) is 9.21. The van der Waals surface area contributed by atoms with Crippen LogP contribution in [0.3, 0.4) is 0 Å². The number of benzene rings is 3. The van der Waals surface area contributed by atoms with Gasteiger partial charge in [0.15, 0.2) is 0 Å². The molecule has 172 valence electrons. The number of amides is 1. The molecule has 3 rings (SSSR count). The van der Waals surface area contributed by atoms with Gasteiger partial charge < -0.3 is 15.4 Å². The van der Waals surface area contributed by atoms with Crippen molar-refractivity contribution in [3.8, 4) is 5.75 Å². The molecule has 10 heteroatoms. The average molecular weight is 470 g/mol. The summed E-state index contributed by atoms with van der Waals surface area (Å²) in [4.78, 5) is 22.7. The second-order valence-electron chi connectivity index (χ2n) is 7.29. The molecule has 3 aromatic carbocycles. The number of para-hydroxylation sites is 1. The van der Waals surface area contributed by atoms with Crippen LogP contribution in [-0.4, -0.2) is 32.9 Å². The van der Waals surface area contributed by atoms with Crippen molar-refractivity contribution in [3.05, 3.63) is 81.9 Å². The smallest absolute Gasteiger partial charge is 0.273 e. The third-order valence-electron chi connectivity index (χ3n) is 5.02. The average Bonchev–Trinajstić information content (AvgIpc) is 2.79. The largest absolute Gasteiger partial charge is 0.497 e. The highest BCUT2D eigenvalue weighted by Gasteiger charge is 2.25. The summed E-state index contributed by atoms with van der Waals surface area (Å²) >= 11 is 0. The molecule has 0 spiro atoms. The number of hydrogen-bond donors (Lipinski definition) is 2. The Balaban J connectivity index is 1.92. The topological polar surface area (TPSA) is 128 Å². The lowest BCUT2D eigenvalue weighted by Gasteiger charge is -2.15. The quantitative estimate of drug-likeness (QED) is 0.375. The van der Waals surface area contributed by atoms with Gasteiger partial charge in [-0.1, -0.05) is 24.3 Å². The molecular formula is C23H23N3O6S. The van der Waals surface area contributed by atoms with E-state index >= 15 is 0 Å². The molecule has 0 saturated carbocycles. The molecule has 0 radical (unpaired) electrons. The van der Waals surface area contributed by atoms with Crippen LogP contribution in [0, 0.1) is 24.0 Å². The van der Waals surface area contributed by atoms with Crippen molar-refractivity contribution in [2.45, 2.75) is 23.6 Å². The number of ether oxygens (including phenoxy) is 1. The van der Waals surface area contributed by atoms with E-state index in [1.807, 2.05) is 19.1 Å². The van der Waals surface area contributed by atoms with Crippen molar-refractivity contribution in [1.82, 2.24) is 0 Å². The molecule has 9 nitrogen and oxygen atoms in total. The van der Waals surface area contributed by atoms with Crippen molar-refractivity contribution >= 4 is 32.8 Å². The van der Waals surface area contributed by atoms with Gasteiger partial charge in [-0.3, -0.25) is 14.9 Å². The third-order valence-corrected chi connectivity index (χ3v) is 6.82. The van der Waals surface area contributed by atoms with Gasteiger partial charge in [-0.2, -0.15) is 0 Å². The van der Waals surface area contributed by atoms with Gasteiger partial charge in [0.2, 0.25) is 15.7 Å². The van der Waals surface area contributed by atoms with Crippen LogP contribution in [-0.2, 0) is 14.6 Å². The van der Waals surface area contributed by atoms with Crippen molar-refractivity contribution in [1.29, 1.82) is 0 Å². The highest BCUT2D eigenvalue weighted by atomic mass is 32.2. The number of nitrogens with one attached hydrogen (secondary N) is 2. The van der Waals surface area contributed by atoms with Gasteiger partial charge in [-0.05, 0) is 43.7 Å². The highest BCUT2D eigenvalue weighted by molar-refractivity contribution is 7.91. The molecule has 0 bridgehead atoms. The van der Waals surface area contributed by atoms with Gasteiger partial charge >= 0.3 is 0 Å². The van der Waals surface area contributed by atoms with Gasteiger partial charge in [-0.15, -0.1) is 0 Å². The number of hydrogen-bond acceptors (Lipinski definition) is 7. The summed E-state index contributed by atoms with van der Waals surface area (Å²) < 4.78 is 31.9. The number of methoxy groups -OCH3 is 1. The van der Waals surface area contributed by atoms with Crippen molar-refractivity contribution in [3.63, 3.8) is 0 Å². The van der Waals surface area contributed by atoms with Crippen LogP contribution in [0.2, 0.25) is 0 Å². The van der Waals surface area contributed by atoms with Gasteiger partial charge in [0.25, 0.3) is 5.69 Å². The number of anilines is 2. The van der Waals surface area contributed by atoms with Crippen LogP contribution in [0.5, 0.6) is 5.75 Å². The maximum atomic E-state index is 13.4. The van der Waals surface area contributed by atoms with E-state index in [9.17, 15) is 23.3 Å². The number of aryl methyl sites for hydroxylation is 2. The lowest BCUT2D eigenvalue weighted by atomic mass is 10.2. The van der Waals surface area contributed by atoms with Crippen LogP contribution in [0.15, 0.2) is 70.5 Å². The molecule has 0 aliphatic heterocycles. The molecule has 0 aromatic heterocycles. The van der Waals surface area contributed by atoms with Crippen LogP contribution in [0.4, 0.5) is 17.1 Å². The lowest BCUT2D eigenvalue weighted by Crippen LogP contribution is -2.23. The fourth-order valence-corrected chi connectivity index (χ4v) is 4.63.